The molecule has 0 aliphatic heterocycles. The largest absolute Gasteiger partial charge is 0.444 e. The molecule has 0 fully saturated rings. The third-order valence-electron chi connectivity index (χ3n) is 1.18. The van der Waals surface area contributed by atoms with Crippen molar-refractivity contribution in [1.82, 2.24) is 4.98 Å². The number of hydrogen-bond acceptors (Lipinski definition) is 4. The molecule has 0 aromatic carbocycles. The third-order valence-corrected chi connectivity index (χ3v) is 3.34. The van der Waals surface area contributed by atoms with Gasteiger partial charge in [-0.05, 0) is 52.6 Å². The Kier molecular flexibility index (Phi) is 4.13. The summed E-state index contributed by atoms with van der Waals surface area (Å²) in [6, 6.07) is 0. The van der Waals surface area contributed by atoms with Crippen LogP contribution in [0.4, 0.5) is 10.6 Å². The van der Waals surface area contributed by atoms with E-state index in [-0.39, 0.29) is 0 Å². The second-order valence-corrected chi connectivity index (χ2v) is 7.31. The van der Waals surface area contributed by atoms with Crippen molar-refractivity contribution in [2.24, 2.45) is 0 Å². The number of carbonyl (C=O) groups excluding carboxylic acids is 1. The molecule has 4 nitrogen and oxygen atoms in total. The van der Waals surface area contributed by atoms with Crippen molar-refractivity contribution >= 4 is 55.1 Å². The summed E-state index contributed by atoms with van der Waals surface area (Å²) in [6.07, 6.45) is -0.513. The first-order valence-corrected chi connectivity index (χ1v) is 6.50. The molecule has 1 rings (SSSR count). The van der Waals surface area contributed by atoms with Gasteiger partial charge in [0.1, 0.15) is 9.39 Å². The minimum Gasteiger partial charge on any atom is -0.444 e. The van der Waals surface area contributed by atoms with Crippen molar-refractivity contribution in [2.45, 2.75) is 26.4 Å². The van der Waals surface area contributed by atoms with Crippen LogP contribution in [0.3, 0.4) is 0 Å². The summed E-state index contributed by atoms with van der Waals surface area (Å²) < 4.78 is 6.53. The van der Waals surface area contributed by atoms with E-state index in [9.17, 15) is 4.79 Å². The van der Waals surface area contributed by atoms with E-state index in [1.54, 1.807) is 20.8 Å². The number of nitrogens with zero attached hydrogens (tertiary/aromatic N) is 1. The molecule has 0 saturated heterocycles. The zero-order valence-electron chi connectivity index (χ0n) is 8.43. The maximum atomic E-state index is 11.4. The van der Waals surface area contributed by atoms with E-state index in [4.69, 9.17) is 4.74 Å². The highest BCUT2D eigenvalue weighted by Crippen LogP contribution is 2.32. The molecule has 0 saturated carbocycles. The SMILES string of the molecule is CC(C)(C)OC(=O)Nc1nc(Br)sc1Br. The van der Waals surface area contributed by atoms with Crippen LogP contribution >= 0.6 is 43.2 Å². The van der Waals surface area contributed by atoms with E-state index >= 15 is 0 Å². The highest BCUT2D eigenvalue weighted by Gasteiger charge is 2.18. The van der Waals surface area contributed by atoms with Crippen molar-refractivity contribution in [1.29, 1.82) is 0 Å². The number of ether oxygens (including phenoxy) is 1. The number of anilines is 1. The predicted molar refractivity (Wildman–Crippen MR) is 67.4 cm³/mol. The fraction of sp³-hybridized carbons (Fsp3) is 0.500. The number of nitrogens with one attached hydrogen (secondary N) is 1. The number of aromatic nitrogens is 1. The Morgan fingerprint density at radius 2 is 2.07 bits per heavy atom. The second kappa shape index (κ2) is 4.80. The van der Waals surface area contributed by atoms with Crippen LogP contribution in [0.25, 0.3) is 0 Å². The van der Waals surface area contributed by atoms with E-state index in [0.717, 1.165) is 3.79 Å². The van der Waals surface area contributed by atoms with Gasteiger partial charge in [0.05, 0.1) is 0 Å². The first kappa shape index (κ1) is 12.9. The molecule has 0 radical (unpaired) electrons. The first-order valence-electron chi connectivity index (χ1n) is 4.10. The van der Waals surface area contributed by atoms with Crippen molar-refractivity contribution in [2.75, 3.05) is 5.32 Å². The van der Waals surface area contributed by atoms with Gasteiger partial charge >= 0.3 is 6.09 Å². The van der Waals surface area contributed by atoms with E-state index < -0.39 is 11.7 Å². The van der Waals surface area contributed by atoms with Gasteiger partial charge in [-0.2, -0.15) is 0 Å². The van der Waals surface area contributed by atoms with Gasteiger partial charge in [-0.3, -0.25) is 5.32 Å². The van der Waals surface area contributed by atoms with Crippen LogP contribution < -0.4 is 5.32 Å². The van der Waals surface area contributed by atoms with Crippen LogP contribution in [0.15, 0.2) is 7.70 Å². The molecule has 0 aliphatic rings. The molecule has 15 heavy (non-hydrogen) atoms. The van der Waals surface area contributed by atoms with Gasteiger partial charge in [-0.25, -0.2) is 9.78 Å². The number of rotatable bonds is 1. The zero-order chi connectivity index (χ0) is 11.6. The minimum atomic E-state index is -0.513. The number of halogens is 2. The van der Waals surface area contributed by atoms with Crippen LogP contribution in [0, 0.1) is 0 Å². The molecule has 1 amide bonds. The highest BCUT2D eigenvalue weighted by molar-refractivity contribution is 9.12. The van der Waals surface area contributed by atoms with Crippen LogP contribution in [0.5, 0.6) is 0 Å². The van der Waals surface area contributed by atoms with Crippen LogP contribution in [0.1, 0.15) is 20.8 Å². The lowest BCUT2D eigenvalue weighted by atomic mass is 10.2. The van der Waals surface area contributed by atoms with E-state index in [0.29, 0.717) is 9.73 Å². The molecule has 1 heterocycles. The van der Waals surface area contributed by atoms with Crippen molar-refractivity contribution in [3.05, 3.63) is 7.70 Å². The van der Waals surface area contributed by atoms with E-state index in [1.165, 1.54) is 11.3 Å². The summed E-state index contributed by atoms with van der Waals surface area (Å²) >= 11 is 7.88. The molecule has 0 bridgehead atoms. The van der Waals surface area contributed by atoms with E-state index in [2.05, 4.69) is 42.2 Å². The number of thiazole rings is 1. The molecule has 7 heteroatoms. The van der Waals surface area contributed by atoms with Gasteiger partial charge in [-0.15, -0.1) is 0 Å². The lowest BCUT2D eigenvalue weighted by molar-refractivity contribution is 0.0635. The Labute approximate surface area is 109 Å². The average Bonchev–Trinajstić information content (AvgIpc) is 2.25. The average molecular weight is 358 g/mol. The normalized spacial score (nSPS) is 11.3. The molecule has 0 aliphatic carbocycles. The van der Waals surface area contributed by atoms with Gasteiger partial charge in [0.15, 0.2) is 9.73 Å². The number of hydrogen-bond donors (Lipinski definition) is 1. The summed E-state index contributed by atoms with van der Waals surface area (Å²) in [7, 11) is 0. The maximum absolute atomic E-state index is 11.4. The molecule has 84 valence electrons. The predicted octanol–water partition coefficient (Wildman–Crippen LogP) is 4.02. The Balaban J connectivity index is 2.63. The van der Waals surface area contributed by atoms with Crippen LogP contribution in [0.2, 0.25) is 0 Å². The second-order valence-electron chi connectivity index (χ2n) is 3.72. The van der Waals surface area contributed by atoms with Crippen molar-refractivity contribution < 1.29 is 9.53 Å². The summed E-state index contributed by atoms with van der Waals surface area (Å²) in [5.41, 5.74) is -0.510. The third kappa shape index (κ3) is 4.48. The summed E-state index contributed by atoms with van der Waals surface area (Å²) in [5.74, 6) is 0.459. The summed E-state index contributed by atoms with van der Waals surface area (Å²) in [5, 5.41) is 2.55. The van der Waals surface area contributed by atoms with Gasteiger partial charge in [0.25, 0.3) is 0 Å². The molecule has 1 aromatic heterocycles. The van der Waals surface area contributed by atoms with Gasteiger partial charge in [-0.1, -0.05) is 11.3 Å². The fourth-order valence-corrected chi connectivity index (χ4v) is 3.19. The summed E-state index contributed by atoms with van der Waals surface area (Å²) in [4.78, 5) is 15.4. The molecule has 0 spiro atoms. The Hall–Kier alpha value is -0.140. The number of amides is 1. The smallest absolute Gasteiger partial charge is 0.413 e. The Bertz CT molecular complexity index is 373. The van der Waals surface area contributed by atoms with E-state index in [1.807, 2.05) is 0 Å². The molecule has 1 N–H and O–H groups in total. The Morgan fingerprint density at radius 1 is 1.47 bits per heavy atom. The maximum Gasteiger partial charge on any atom is 0.413 e. The molecular formula is C8H10Br2N2O2S. The lowest BCUT2D eigenvalue weighted by Gasteiger charge is -2.19. The minimum absolute atomic E-state index is 0.459. The molecule has 0 unspecified atom stereocenters. The van der Waals surface area contributed by atoms with Gasteiger partial charge in [0.2, 0.25) is 0 Å². The molecule has 1 aromatic rings. The Morgan fingerprint density at radius 3 is 2.47 bits per heavy atom. The highest BCUT2D eigenvalue weighted by atomic mass is 79.9. The monoisotopic (exact) mass is 356 g/mol. The molecular weight excluding hydrogens is 348 g/mol. The van der Waals surface area contributed by atoms with Crippen LogP contribution in [-0.4, -0.2) is 16.7 Å². The van der Waals surface area contributed by atoms with Crippen molar-refractivity contribution in [3.8, 4) is 0 Å². The number of carbonyl (C=O) groups is 1. The topological polar surface area (TPSA) is 51.2 Å². The summed E-state index contributed by atoms with van der Waals surface area (Å²) in [6.45, 7) is 5.41. The lowest BCUT2D eigenvalue weighted by Crippen LogP contribution is -2.27. The van der Waals surface area contributed by atoms with Crippen LogP contribution in [-0.2, 0) is 4.74 Å². The first-order chi connectivity index (χ1) is 6.78. The van der Waals surface area contributed by atoms with Gasteiger partial charge < -0.3 is 4.74 Å². The van der Waals surface area contributed by atoms with Crippen molar-refractivity contribution in [3.63, 3.8) is 0 Å². The fourth-order valence-electron chi connectivity index (χ4n) is 0.754. The quantitative estimate of drug-likeness (QED) is 0.825. The molecule has 0 atom stereocenters. The zero-order valence-corrected chi connectivity index (χ0v) is 12.4. The van der Waals surface area contributed by atoms with Gasteiger partial charge in [0, 0.05) is 0 Å². The standard InChI is InChI=1S/C8H10Br2N2O2S/c1-8(2,3)14-7(13)12-5-4(9)15-6(10)11-5/h1-3H3,(H,12,13).